The molecule has 0 fully saturated rings. The predicted octanol–water partition coefficient (Wildman–Crippen LogP) is 4.82. The van der Waals surface area contributed by atoms with Crippen molar-refractivity contribution in [3.05, 3.63) is 100.0 Å². The summed E-state index contributed by atoms with van der Waals surface area (Å²) in [5.74, 6) is -2.60. The van der Waals surface area contributed by atoms with E-state index in [-0.39, 0.29) is 72.3 Å². The van der Waals surface area contributed by atoms with Gasteiger partial charge in [-0.25, -0.2) is 14.6 Å². The first-order valence-electron chi connectivity index (χ1n) is 16.0. The fourth-order valence-corrected chi connectivity index (χ4v) is 5.37. The third-order valence-electron chi connectivity index (χ3n) is 7.74. The topological polar surface area (TPSA) is 200 Å². The highest BCUT2D eigenvalue weighted by Gasteiger charge is 2.33. The number of nitrogens with one attached hydrogen (secondary N) is 2. The van der Waals surface area contributed by atoms with Crippen LogP contribution in [-0.2, 0) is 30.3 Å². The van der Waals surface area contributed by atoms with Gasteiger partial charge < -0.3 is 24.1 Å². The summed E-state index contributed by atoms with van der Waals surface area (Å²) in [6, 6.07) is 5.27. The maximum Gasteiger partial charge on any atom is 0.412 e. The quantitative estimate of drug-likeness (QED) is 0.253. The summed E-state index contributed by atoms with van der Waals surface area (Å²) < 4.78 is 16.8. The van der Waals surface area contributed by atoms with Gasteiger partial charge in [-0.05, 0) is 37.5 Å². The van der Waals surface area contributed by atoms with E-state index < -0.39 is 40.9 Å². The van der Waals surface area contributed by atoms with Gasteiger partial charge in [0, 0.05) is 37.6 Å². The van der Waals surface area contributed by atoms with Gasteiger partial charge in [-0.2, -0.15) is 0 Å². The van der Waals surface area contributed by atoms with Crippen LogP contribution in [0.5, 0.6) is 0 Å². The van der Waals surface area contributed by atoms with Gasteiger partial charge in [-0.15, -0.1) is 0 Å². The number of carbonyl (C=O) groups excluding carboxylic acids is 5. The van der Waals surface area contributed by atoms with E-state index in [1.54, 1.807) is 31.2 Å². The number of aromatic nitrogens is 1. The molecule has 0 spiro atoms. The molecule has 4 rings (SSSR count). The number of amides is 3. The third-order valence-corrected chi connectivity index (χ3v) is 7.74. The van der Waals surface area contributed by atoms with Crippen molar-refractivity contribution in [2.75, 3.05) is 18.4 Å². The number of esters is 1. The van der Waals surface area contributed by atoms with E-state index in [4.69, 9.17) is 13.9 Å². The molecule has 1 aromatic heterocycles. The lowest BCUT2D eigenvalue weighted by Gasteiger charge is -2.27. The van der Waals surface area contributed by atoms with Gasteiger partial charge in [-0.1, -0.05) is 56.7 Å². The van der Waals surface area contributed by atoms with Gasteiger partial charge in [-0.3, -0.25) is 29.8 Å². The van der Waals surface area contributed by atoms with E-state index in [1.165, 1.54) is 35.3 Å². The Bertz CT molecular complexity index is 1750. The third kappa shape index (κ3) is 10.3. The minimum Gasteiger partial charge on any atom is -0.457 e. The predicted molar refractivity (Wildman–Crippen MR) is 179 cm³/mol. The van der Waals surface area contributed by atoms with E-state index in [0.29, 0.717) is 12.0 Å². The highest BCUT2D eigenvalue weighted by atomic mass is 16.6. The van der Waals surface area contributed by atoms with Crippen LogP contribution in [0.25, 0.3) is 0 Å². The molecule has 2 bridgehead atoms. The van der Waals surface area contributed by atoms with Crippen molar-refractivity contribution in [3.63, 3.8) is 0 Å². The normalized spacial score (nSPS) is 23.5. The van der Waals surface area contributed by atoms with E-state index in [2.05, 4.69) is 15.6 Å². The summed E-state index contributed by atoms with van der Waals surface area (Å²) in [6.07, 6.45) is 7.75. The van der Waals surface area contributed by atoms with Crippen LogP contribution in [0.2, 0.25) is 0 Å². The van der Waals surface area contributed by atoms with Crippen molar-refractivity contribution in [2.24, 2.45) is 11.8 Å². The first-order chi connectivity index (χ1) is 23.8. The molecule has 3 atom stereocenters. The second-order valence-electron chi connectivity index (χ2n) is 12.1. The number of fused-ring (bicyclic) bond motifs is 3. The van der Waals surface area contributed by atoms with Crippen molar-refractivity contribution in [1.29, 1.82) is 0 Å². The second kappa shape index (κ2) is 17.0. The van der Waals surface area contributed by atoms with Crippen LogP contribution < -0.4 is 10.6 Å². The van der Waals surface area contributed by atoms with E-state index in [0.717, 1.165) is 12.3 Å². The smallest absolute Gasteiger partial charge is 0.412 e. The minimum absolute atomic E-state index is 0.0549. The van der Waals surface area contributed by atoms with Crippen molar-refractivity contribution in [1.82, 2.24) is 15.2 Å². The first kappa shape index (κ1) is 37.0. The number of anilines is 1. The number of ketones is 1. The lowest BCUT2D eigenvalue weighted by Crippen LogP contribution is -2.36. The SMILES string of the molecule is CC1=C\[C@@H](OC(=O)Nc2cccc([N+](=O)[O-])c2)CC(=O)Cc2nc(co2)C(=O)N2CCC=C2C(=O)O[C@H](C(C)C)[C@H](C)/C=C/C(=O)NC\C=C\1. The van der Waals surface area contributed by atoms with Crippen LogP contribution in [0.3, 0.4) is 0 Å². The van der Waals surface area contributed by atoms with Crippen molar-refractivity contribution >= 4 is 41.0 Å². The molecule has 2 aromatic rings. The minimum atomic E-state index is -1.08. The van der Waals surface area contributed by atoms with Crippen molar-refractivity contribution in [2.45, 2.75) is 59.2 Å². The Hall–Kier alpha value is -5.86. The number of cyclic esters (lactones) is 1. The number of ether oxygens (including phenoxy) is 2. The Morgan fingerprint density at radius 2 is 1.98 bits per heavy atom. The zero-order chi connectivity index (χ0) is 36.4. The zero-order valence-electron chi connectivity index (χ0n) is 28.1. The fraction of sp³-hybridized carbons (Fsp3) is 0.371. The number of non-ortho nitro benzene ring substituents is 1. The number of rotatable bonds is 4. The number of nitro groups is 1. The maximum atomic E-state index is 13.4. The van der Waals surface area contributed by atoms with Gasteiger partial charge >= 0.3 is 12.1 Å². The number of allylic oxidation sites excluding steroid dienone is 2. The van der Waals surface area contributed by atoms with Crippen LogP contribution in [0.15, 0.2) is 82.7 Å². The lowest BCUT2D eigenvalue weighted by atomic mass is 9.94. The number of oxazole rings is 1. The average molecular weight is 690 g/mol. The molecule has 2 N–H and O–H groups in total. The van der Waals surface area contributed by atoms with Crippen LogP contribution >= 0.6 is 0 Å². The molecule has 0 saturated heterocycles. The number of hydrogen-bond acceptors (Lipinski definition) is 11. The molecule has 0 unspecified atom stereocenters. The number of nitrogens with zero attached hydrogens (tertiary/aromatic N) is 3. The first-order valence-corrected chi connectivity index (χ1v) is 16.0. The summed E-state index contributed by atoms with van der Waals surface area (Å²) in [7, 11) is 0. The number of nitro benzene ring substituents is 1. The Balaban J connectivity index is 1.58. The van der Waals surface area contributed by atoms with Crippen molar-refractivity contribution < 1.29 is 42.8 Å². The zero-order valence-corrected chi connectivity index (χ0v) is 28.1. The molecule has 50 heavy (non-hydrogen) atoms. The van der Waals surface area contributed by atoms with E-state index >= 15 is 0 Å². The van der Waals surface area contributed by atoms with Gasteiger partial charge in [0.2, 0.25) is 11.8 Å². The monoisotopic (exact) mass is 689 g/mol. The van der Waals surface area contributed by atoms with Crippen LogP contribution in [0.1, 0.15) is 56.9 Å². The van der Waals surface area contributed by atoms with E-state index in [9.17, 15) is 34.1 Å². The van der Waals surface area contributed by atoms with Crippen LogP contribution in [0.4, 0.5) is 16.2 Å². The molecule has 15 nitrogen and oxygen atoms in total. The van der Waals surface area contributed by atoms with Crippen molar-refractivity contribution in [3.8, 4) is 0 Å². The molecule has 0 aliphatic carbocycles. The summed E-state index contributed by atoms with van der Waals surface area (Å²) in [6.45, 7) is 7.68. The average Bonchev–Trinajstić information content (AvgIpc) is 3.74. The largest absolute Gasteiger partial charge is 0.457 e. The molecule has 0 saturated carbocycles. The molecular weight excluding hydrogens is 650 g/mol. The summed E-state index contributed by atoms with van der Waals surface area (Å²) >= 11 is 0. The number of carbonyl (C=O) groups is 5. The van der Waals surface area contributed by atoms with Gasteiger partial charge in [0.1, 0.15) is 30.0 Å². The molecule has 264 valence electrons. The highest BCUT2D eigenvalue weighted by molar-refractivity contribution is 6.00. The molecule has 2 aliphatic heterocycles. The molecule has 1 aromatic carbocycles. The van der Waals surface area contributed by atoms with Crippen LogP contribution in [0, 0.1) is 22.0 Å². The summed E-state index contributed by atoms with van der Waals surface area (Å²) in [5, 5.41) is 16.3. The molecular formula is C35H39N5O10. The maximum absolute atomic E-state index is 13.4. The van der Waals surface area contributed by atoms with Crippen LogP contribution in [-0.4, -0.2) is 69.8 Å². The molecule has 3 amide bonds. The highest BCUT2D eigenvalue weighted by Crippen LogP contribution is 2.25. The second-order valence-corrected chi connectivity index (χ2v) is 12.1. The number of hydrogen-bond donors (Lipinski definition) is 2. The fourth-order valence-electron chi connectivity index (χ4n) is 5.37. The molecule has 0 radical (unpaired) electrons. The summed E-state index contributed by atoms with van der Waals surface area (Å²) in [4.78, 5) is 81.1. The number of Topliss-reactive ketones (excluding diaryl/α,β-unsaturated/α-hetero) is 1. The summed E-state index contributed by atoms with van der Waals surface area (Å²) in [5.41, 5.74) is 0.430. The Labute approximate surface area is 288 Å². The molecule has 2 aliphatic rings. The Morgan fingerprint density at radius 3 is 2.72 bits per heavy atom. The Morgan fingerprint density at radius 1 is 1.20 bits per heavy atom. The van der Waals surface area contributed by atoms with Gasteiger partial charge in [0.05, 0.1) is 17.0 Å². The van der Waals surface area contributed by atoms with E-state index in [1.807, 2.05) is 20.8 Å². The Kier molecular flexibility index (Phi) is 12.6. The molecule has 3 heterocycles. The van der Waals surface area contributed by atoms with Gasteiger partial charge in [0.15, 0.2) is 5.69 Å². The lowest BCUT2D eigenvalue weighted by molar-refractivity contribution is -0.384. The number of benzene rings is 1. The molecule has 15 heteroatoms. The standard InChI is InChI=1S/C35H39N5O10/c1-21(2)32-23(4)12-13-30(42)36-14-6-8-22(3)16-27(49-35(45)37-24-9-5-10-25(17-24)40(46)47)18-26(41)19-31-38-28(20-48-31)33(43)39-15-7-11-29(39)34(44)50-32/h5-6,8-13,16-17,20-21,23,27,32H,7,14-15,18-19H2,1-4H3,(H,36,42)(H,37,45)/b8-6+,13-12+,22-16+/t23-,27-,32-/m1/s1. The van der Waals surface area contributed by atoms with Gasteiger partial charge in [0.25, 0.3) is 11.6 Å².